The van der Waals surface area contributed by atoms with Gasteiger partial charge in [-0.25, -0.2) is 0 Å². The van der Waals surface area contributed by atoms with Crippen molar-refractivity contribution in [2.75, 3.05) is 25.1 Å². The summed E-state index contributed by atoms with van der Waals surface area (Å²) in [4.78, 5) is 0. The molecule has 3 nitrogen and oxygen atoms in total. The Bertz CT molecular complexity index is 177. The smallest absolute Gasteiger partial charge is 0.0621 e. The Morgan fingerprint density at radius 3 is 2.62 bits per heavy atom. The van der Waals surface area contributed by atoms with E-state index in [4.69, 9.17) is 5.26 Å². The molecule has 0 saturated heterocycles. The number of nitrogens with one attached hydrogen (secondary N) is 1. The Kier molecular flexibility index (Phi) is 9.39. The molecule has 13 heavy (non-hydrogen) atoms. The van der Waals surface area contributed by atoms with Crippen molar-refractivity contribution >= 4 is 10.8 Å². The van der Waals surface area contributed by atoms with Crippen molar-refractivity contribution < 1.29 is 4.21 Å². The summed E-state index contributed by atoms with van der Waals surface area (Å²) in [6.07, 6.45) is 5.39. The highest BCUT2D eigenvalue weighted by molar-refractivity contribution is 7.84. The molecule has 0 radical (unpaired) electrons. The lowest BCUT2D eigenvalue weighted by Gasteiger charge is -2.01. The number of rotatable bonds is 8. The summed E-state index contributed by atoms with van der Waals surface area (Å²) in [5.74, 6) is 0.783. The molecular weight excluding hydrogens is 184 g/mol. The Morgan fingerprint density at radius 2 is 2.00 bits per heavy atom. The van der Waals surface area contributed by atoms with Gasteiger partial charge < -0.3 is 5.32 Å². The molecule has 1 atom stereocenters. The zero-order valence-corrected chi connectivity index (χ0v) is 9.03. The quantitative estimate of drug-likeness (QED) is 0.598. The van der Waals surface area contributed by atoms with Gasteiger partial charge in [0.15, 0.2) is 0 Å². The molecule has 0 fully saturated rings. The summed E-state index contributed by atoms with van der Waals surface area (Å²) in [6.45, 7) is 1.91. The van der Waals surface area contributed by atoms with Gasteiger partial charge in [0, 0.05) is 29.2 Å². The molecule has 0 saturated carbocycles. The number of hydrogen-bond donors (Lipinski definition) is 1. The van der Waals surface area contributed by atoms with E-state index in [0.29, 0.717) is 6.42 Å². The third kappa shape index (κ3) is 11.6. The van der Waals surface area contributed by atoms with Gasteiger partial charge in [0.25, 0.3) is 0 Å². The number of nitrogens with zero attached hydrogens (tertiary/aromatic N) is 1. The second-order valence-corrected chi connectivity index (χ2v) is 4.55. The zero-order chi connectivity index (χ0) is 9.94. The first-order valence-corrected chi connectivity index (χ1v) is 6.38. The van der Waals surface area contributed by atoms with E-state index in [2.05, 4.69) is 11.4 Å². The minimum atomic E-state index is -0.659. The third-order valence-corrected chi connectivity index (χ3v) is 2.54. The van der Waals surface area contributed by atoms with Gasteiger partial charge in [0.1, 0.15) is 0 Å². The second kappa shape index (κ2) is 9.69. The molecular formula is C9H18N2OS. The summed E-state index contributed by atoms with van der Waals surface area (Å²) >= 11 is 0. The van der Waals surface area contributed by atoms with E-state index in [1.165, 1.54) is 0 Å². The van der Waals surface area contributed by atoms with Crippen molar-refractivity contribution in [3.63, 3.8) is 0 Å². The predicted molar refractivity (Wildman–Crippen MR) is 55.9 cm³/mol. The van der Waals surface area contributed by atoms with E-state index in [1.807, 2.05) is 0 Å². The van der Waals surface area contributed by atoms with Crippen LogP contribution in [-0.4, -0.2) is 29.3 Å². The van der Waals surface area contributed by atoms with Crippen LogP contribution in [0.2, 0.25) is 0 Å². The first-order chi connectivity index (χ1) is 6.27. The molecule has 76 valence electrons. The van der Waals surface area contributed by atoms with Gasteiger partial charge >= 0.3 is 0 Å². The van der Waals surface area contributed by atoms with Crippen LogP contribution in [0.1, 0.15) is 25.7 Å². The van der Waals surface area contributed by atoms with E-state index < -0.39 is 10.8 Å². The fourth-order valence-corrected chi connectivity index (χ4v) is 1.53. The van der Waals surface area contributed by atoms with Crippen LogP contribution in [0.5, 0.6) is 0 Å². The molecule has 0 spiro atoms. The molecule has 0 aliphatic carbocycles. The van der Waals surface area contributed by atoms with Crippen LogP contribution in [-0.2, 0) is 10.8 Å². The molecule has 0 bridgehead atoms. The van der Waals surface area contributed by atoms with Gasteiger partial charge in [-0.3, -0.25) is 4.21 Å². The van der Waals surface area contributed by atoms with Gasteiger partial charge in [0.2, 0.25) is 0 Å². The molecule has 0 aromatic rings. The van der Waals surface area contributed by atoms with Crippen molar-refractivity contribution in [3.8, 4) is 6.07 Å². The van der Waals surface area contributed by atoms with Crippen LogP contribution in [0.15, 0.2) is 0 Å². The lowest BCUT2D eigenvalue weighted by atomic mass is 10.2. The van der Waals surface area contributed by atoms with E-state index in [0.717, 1.165) is 38.1 Å². The normalized spacial score (nSPS) is 12.3. The van der Waals surface area contributed by atoms with Crippen LogP contribution < -0.4 is 5.32 Å². The number of nitriles is 1. The fraction of sp³-hybridized carbons (Fsp3) is 0.889. The summed E-state index contributed by atoms with van der Waals surface area (Å²) in [6, 6.07) is 2.12. The average Bonchev–Trinajstić information content (AvgIpc) is 2.09. The molecule has 0 aliphatic rings. The minimum Gasteiger partial charge on any atom is -0.317 e. The first kappa shape index (κ1) is 12.6. The standard InChI is InChI=1S/C9H18N2OS/c1-13(12)9-5-8-11-7-4-2-3-6-10/h11H,2-5,7-9H2,1H3. The fourth-order valence-electron chi connectivity index (χ4n) is 0.979. The van der Waals surface area contributed by atoms with E-state index >= 15 is 0 Å². The molecule has 0 amide bonds. The highest BCUT2D eigenvalue weighted by Crippen LogP contribution is 1.91. The Morgan fingerprint density at radius 1 is 1.31 bits per heavy atom. The maximum atomic E-state index is 10.7. The Hall–Kier alpha value is -0.400. The van der Waals surface area contributed by atoms with Crippen molar-refractivity contribution in [1.82, 2.24) is 5.32 Å². The van der Waals surface area contributed by atoms with Gasteiger partial charge in [-0.15, -0.1) is 0 Å². The average molecular weight is 202 g/mol. The Balaban J connectivity index is 2.92. The predicted octanol–water partition coefficient (Wildman–Crippen LogP) is 1.04. The lowest BCUT2D eigenvalue weighted by Crippen LogP contribution is -2.18. The van der Waals surface area contributed by atoms with Crippen LogP contribution in [0.4, 0.5) is 0 Å². The van der Waals surface area contributed by atoms with Crippen molar-refractivity contribution in [2.45, 2.75) is 25.7 Å². The first-order valence-electron chi connectivity index (χ1n) is 4.65. The highest BCUT2D eigenvalue weighted by atomic mass is 32.2. The minimum absolute atomic E-state index is 0.653. The van der Waals surface area contributed by atoms with Gasteiger partial charge in [-0.05, 0) is 32.4 Å². The van der Waals surface area contributed by atoms with Crippen LogP contribution in [0.25, 0.3) is 0 Å². The molecule has 1 N–H and O–H groups in total. The SMILES string of the molecule is CS(=O)CCCNCCCCC#N. The summed E-state index contributed by atoms with van der Waals surface area (Å²) < 4.78 is 10.7. The lowest BCUT2D eigenvalue weighted by molar-refractivity contribution is 0.620. The maximum absolute atomic E-state index is 10.7. The van der Waals surface area contributed by atoms with Gasteiger partial charge in [-0.1, -0.05) is 0 Å². The number of hydrogen-bond acceptors (Lipinski definition) is 3. The summed E-state index contributed by atoms with van der Waals surface area (Å²) in [5, 5.41) is 11.5. The zero-order valence-electron chi connectivity index (χ0n) is 8.21. The van der Waals surface area contributed by atoms with Crippen LogP contribution in [0.3, 0.4) is 0 Å². The largest absolute Gasteiger partial charge is 0.317 e. The monoisotopic (exact) mass is 202 g/mol. The van der Waals surface area contributed by atoms with Crippen molar-refractivity contribution in [2.24, 2.45) is 0 Å². The molecule has 0 aliphatic heterocycles. The molecule has 0 heterocycles. The van der Waals surface area contributed by atoms with Gasteiger partial charge in [0.05, 0.1) is 6.07 Å². The van der Waals surface area contributed by atoms with Gasteiger partial charge in [-0.2, -0.15) is 5.26 Å². The summed E-state index contributed by atoms with van der Waals surface area (Å²) in [7, 11) is -0.659. The second-order valence-electron chi connectivity index (χ2n) is 3.00. The van der Waals surface area contributed by atoms with E-state index in [-0.39, 0.29) is 0 Å². The van der Waals surface area contributed by atoms with Crippen molar-refractivity contribution in [3.05, 3.63) is 0 Å². The molecule has 0 rings (SSSR count). The third-order valence-electron chi connectivity index (χ3n) is 1.68. The van der Waals surface area contributed by atoms with Crippen LogP contribution in [0, 0.1) is 11.3 Å². The molecule has 1 unspecified atom stereocenters. The maximum Gasteiger partial charge on any atom is 0.0621 e. The molecule has 4 heteroatoms. The van der Waals surface area contributed by atoms with E-state index in [1.54, 1.807) is 6.26 Å². The van der Waals surface area contributed by atoms with Crippen molar-refractivity contribution in [1.29, 1.82) is 5.26 Å². The highest BCUT2D eigenvalue weighted by Gasteiger charge is 1.91. The Labute approximate surface area is 83.0 Å². The number of unbranched alkanes of at least 4 members (excludes halogenated alkanes) is 2. The van der Waals surface area contributed by atoms with E-state index in [9.17, 15) is 4.21 Å². The van der Waals surface area contributed by atoms with Crippen LogP contribution >= 0.6 is 0 Å². The summed E-state index contributed by atoms with van der Waals surface area (Å²) in [5.41, 5.74) is 0. The molecule has 0 aromatic carbocycles. The topological polar surface area (TPSA) is 52.9 Å². The molecule has 0 aromatic heterocycles.